The van der Waals surface area contributed by atoms with Gasteiger partial charge in [0.2, 0.25) is 11.7 Å². The number of hydrogen-bond donors (Lipinski definition) is 1. The molecule has 0 aliphatic carbocycles. The van der Waals surface area contributed by atoms with Gasteiger partial charge in [0.25, 0.3) is 0 Å². The first-order valence-corrected chi connectivity index (χ1v) is 7.68. The van der Waals surface area contributed by atoms with E-state index in [1.165, 1.54) is 16.1 Å². The second kappa shape index (κ2) is 6.07. The number of aromatic nitrogens is 4. The van der Waals surface area contributed by atoms with Crippen molar-refractivity contribution in [3.63, 3.8) is 0 Å². The maximum atomic E-state index is 12.1. The quantitative estimate of drug-likeness (QED) is 0.803. The van der Waals surface area contributed by atoms with E-state index in [1.54, 1.807) is 0 Å². The fraction of sp³-hybridized carbons (Fsp3) is 0.200. The predicted molar refractivity (Wildman–Crippen MR) is 85.7 cm³/mol. The van der Waals surface area contributed by atoms with Crippen LogP contribution in [-0.2, 0) is 11.3 Å². The van der Waals surface area contributed by atoms with E-state index in [0.29, 0.717) is 5.82 Å². The molecule has 0 saturated carbocycles. The number of thiophene rings is 1. The van der Waals surface area contributed by atoms with Crippen molar-refractivity contribution < 1.29 is 4.79 Å². The number of hydrogen-bond acceptors (Lipinski definition) is 5. The van der Waals surface area contributed by atoms with Crippen LogP contribution < -0.4 is 5.32 Å². The molecule has 0 atom stereocenters. The highest BCUT2D eigenvalue weighted by atomic mass is 32.1. The van der Waals surface area contributed by atoms with Gasteiger partial charge >= 0.3 is 0 Å². The Labute approximate surface area is 131 Å². The first kappa shape index (κ1) is 14.4. The number of nitrogens with zero attached hydrogens (tertiary/aromatic N) is 4. The minimum absolute atomic E-state index is 0.0335. The van der Waals surface area contributed by atoms with E-state index in [0.717, 1.165) is 21.7 Å². The van der Waals surface area contributed by atoms with Crippen LogP contribution in [0, 0.1) is 13.8 Å². The lowest BCUT2D eigenvalue weighted by Crippen LogP contribution is -2.21. The summed E-state index contributed by atoms with van der Waals surface area (Å²) in [6, 6.07) is 9.78. The molecule has 7 heteroatoms. The summed E-state index contributed by atoms with van der Waals surface area (Å²) in [5.41, 5.74) is 2.92. The van der Waals surface area contributed by atoms with E-state index in [9.17, 15) is 4.79 Å². The summed E-state index contributed by atoms with van der Waals surface area (Å²) in [6.45, 7) is 3.98. The number of tetrazole rings is 1. The molecule has 0 fully saturated rings. The number of anilines is 1. The standard InChI is InChI=1S/C15H15N5OS/c1-10-5-6-11(2)12(8-10)16-14(21)9-20-18-15(17-19-20)13-4-3-7-22-13/h3-8H,9H2,1-2H3,(H,16,21). The Kier molecular flexibility index (Phi) is 3.97. The average Bonchev–Trinajstić information content (AvgIpc) is 3.13. The average molecular weight is 313 g/mol. The number of nitrogens with one attached hydrogen (secondary N) is 1. The Morgan fingerprint density at radius 2 is 2.18 bits per heavy atom. The topological polar surface area (TPSA) is 72.7 Å². The molecular weight excluding hydrogens is 298 g/mol. The van der Waals surface area contributed by atoms with Gasteiger partial charge in [-0.3, -0.25) is 4.79 Å². The zero-order valence-corrected chi connectivity index (χ0v) is 13.1. The molecule has 3 aromatic rings. The highest BCUT2D eigenvalue weighted by Crippen LogP contribution is 2.19. The lowest BCUT2D eigenvalue weighted by atomic mass is 10.1. The minimum Gasteiger partial charge on any atom is -0.324 e. The molecule has 6 nitrogen and oxygen atoms in total. The zero-order chi connectivity index (χ0) is 15.5. The summed E-state index contributed by atoms with van der Waals surface area (Å²) in [6.07, 6.45) is 0. The van der Waals surface area contributed by atoms with Crippen LogP contribution in [0.1, 0.15) is 11.1 Å². The van der Waals surface area contributed by atoms with Gasteiger partial charge in [-0.2, -0.15) is 4.80 Å². The summed E-state index contributed by atoms with van der Waals surface area (Å²) < 4.78 is 0. The number of rotatable bonds is 4. The van der Waals surface area contributed by atoms with Crippen molar-refractivity contribution in [1.29, 1.82) is 0 Å². The van der Waals surface area contributed by atoms with E-state index < -0.39 is 0 Å². The number of amides is 1. The Balaban J connectivity index is 1.68. The first-order chi connectivity index (χ1) is 10.6. The van der Waals surface area contributed by atoms with Gasteiger partial charge in [0, 0.05) is 5.69 Å². The number of aryl methyl sites for hydroxylation is 2. The number of carbonyl (C=O) groups excluding carboxylic acids is 1. The number of benzene rings is 1. The lowest BCUT2D eigenvalue weighted by Gasteiger charge is -2.08. The summed E-state index contributed by atoms with van der Waals surface area (Å²) in [5.74, 6) is 0.360. The monoisotopic (exact) mass is 313 g/mol. The SMILES string of the molecule is Cc1ccc(C)c(NC(=O)Cn2nnc(-c3cccs3)n2)c1. The Bertz CT molecular complexity index is 794. The zero-order valence-electron chi connectivity index (χ0n) is 12.3. The van der Waals surface area contributed by atoms with Crippen molar-refractivity contribution in [2.24, 2.45) is 0 Å². The van der Waals surface area contributed by atoms with Gasteiger partial charge in [-0.05, 0) is 47.7 Å². The third-order valence-corrected chi connectivity index (χ3v) is 4.01. The van der Waals surface area contributed by atoms with E-state index in [-0.39, 0.29) is 12.5 Å². The molecule has 0 bridgehead atoms. The molecule has 0 saturated heterocycles. The minimum atomic E-state index is -0.177. The third kappa shape index (κ3) is 3.20. The maximum Gasteiger partial charge on any atom is 0.248 e. The smallest absolute Gasteiger partial charge is 0.248 e. The van der Waals surface area contributed by atoms with Crippen LogP contribution in [0.2, 0.25) is 0 Å². The fourth-order valence-electron chi connectivity index (χ4n) is 2.00. The van der Waals surface area contributed by atoms with Gasteiger partial charge in [0.05, 0.1) is 4.88 Å². The molecule has 0 aliphatic rings. The molecule has 2 heterocycles. The molecule has 0 radical (unpaired) electrons. The van der Waals surface area contributed by atoms with Crippen LogP contribution in [0.5, 0.6) is 0 Å². The summed E-state index contributed by atoms with van der Waals surface area (Å²) >= 11 is 1.54. The molecule has 22 heavy (non-hydrogen) atoms. The van der Waals surface area contributed by atoms with E-state index in [1.807, 2.05) is 49.6 Å². The van der Waals surface area contributed by atoms with Crippen molar-refractivity contribution in [3.8, 4) is 10.7 Å². The van der Waals surface area contributed by atoms with E-state index in [2.05, 4.69) is 20.7 Å². The highest BCUT2D eigenvalue weighted by molar-refractivity contribution is 7.13. The van der Waals surface area contributed by atoms with Gasteiger partial charge in [0.15, 0.2) is 0 Å². The second-order valence-corrected chi connectivity index (χ2v) is 5.93. The summed E-state index contributed by atoms with van der Waals surface area (Å²) in [5, 5.41) is 16.9. The molecule has 112 valence electrons. The van der Waals surface area contributed by atoms with Crippen LogP contribution >= 0.6 is 11.3 Å². The number of carbonyl (C=O) groups is 1. The van der Waals surface area contributed by atoms with Gasteiger partial charge in [0.1, 0.15) is 6.54 Å². The van der Waals surface area contributed by atoms with Crippen molar-refractivity contribution in [3.05, 3.63) is 46.8 Å². The molecule has 1 amide bonds. The highest BCUT2D eigenvalue weighted by Gasteiger charge is 2.11. The van der Waals surface area contributed by atoms with E-state index >= 15 is 0 Å². The predicted octanol–water partition coefficient (Wildman–Crippen LogP) is 2.66. The normalized spacial score (nSPS) is 10.6. The van der Waals surface area contributed by atoms with Crippen LogP contribution in [-0.4, -0.2) is 26.1 Å². The van der Waals surface area contributed by atoms with Gasteiger partial charge in [-0.1, -0.05) is 18.2 Å². The van der Waals surface area contributed by atoms with Crippen LogP contribution in [0.3, 0.4) is 0 Å². The van der Waals surface area contributed by atoms with Crippen molar-refractivity contribution >= 4 is 22.9 Å². The maximum absolute atomic E-state index is 12.1. The van der Waals surface area contributed by atoms with E-state index in [4.69, 9.17) is 0 Å². The third-order valence-electron chi connectivity index (χ3n) is 3.15. The van der Waals surface area contributed by atoms with Crippen LogP contribution in [0.4, 0.5) is 5.69 Å². The largest absolute Gasteiger partial charge is 0.324 e. The molecule has 0 unspecified atom stereocenters. The fourth-order valence-corrected chi connectivity index (χ4v) is 2.65. The Morgan fingerprint density at radius 3 is 2.95 bits per heavy atom. The Morgan fingerprint density at radius 1 is 1.32 bits per heavy atom. The summed E-state index contributed by atoms with van der Waals surface area (Å²) in [4.78, 5) is 14.3. The molecular formula is C15H15N5OS. The molecule has 1 aromatic carbocycles. The van der Waals surface area contributed by atoms with Gasteiger partial charge in [-0.15, -0.1) is 21.5 Å². The molecule has 2 aromatic heterocycles. The first-order valence-electron chi connectivity index (χ1n) is 6.80. The van der Waals surface area contributed by atoms with Crippen molar-refractivity contribution in [2.45, 2.75) is 20.4 Å². The lowest BCUT2D eigenvalue weighted by molar-refractivity contribution is -0.117. The van der Waals surface area contributed by atoms with Gasteiger partial charge in [-0.25, -0.2) is 0 Å². The molecule has 3 rings (SSSR count). The second-order valence-electron chi connectivity index (χ2n) is 4.99. The molecule has 1 N–H and O–H groups in total. The summed E-state index contributed by atoms with van der Waals surface area (Å²) in [7, 11) is 0. The molecule has 0 aliphatic heterocycles. The van der Waals surface area contributed by atoms with Crippen molar-refractivity contribution in [2.75, 3.05) is 5.32 Å². The van der Waals surface area contributed by atoms with Gasteiger partial charge < -0.3 is 5.32 Å². The van der Waals surface area contributed by atoms with Crippen LogP contribution in [0.15, 0.2) is 35.7 Å². The molecule has 0 spiro atoms. The van der Waals surface area contributed by atoms with Crippen LogP contribution in [0.25, 0.3) is 10.7 Å². The van der Waals surface area contributed by atoms with Crippen molar-refractivity contribution in [1.82, 2.24) is 20.2 Å². The Hall–Kier alpha value is -2.54.